The fourth-order valence-electron chi connectivity index (χ4n) is 0.838. The van der Waals surface area contributed by atoms with Gasteiger partial charge < -0.3 is 15.3 Å². The molecule has 1 aromatic carbocycles. The van der Waals surface area contributed by atoms with Gasteiger partial charge in [-0.2, -0.15) is 0 Å². The van der Waals surface area contributed by atoms with E-state index in [1.165, 1.54) is 0 Å². The van der Waals surface area contributed by atoms with Gasteiger partial charge in [0.05, 0.1) is 0 Å². The summed E-state index contributed by atoms with van der Waals surface area (Å²) in [6.07, 6.45) is 0. The Morgan fingerprint density at radius 2 is 1.67 bits per heavy atom. The Kier molecular flexibility index (Phi) is 2.71. The summed E-state index contributed by atoms with van der Waals surface area (Å²) in [4.78, 5) is 0. The summed E-state index contributed by atoms with van der Waals surface area (Å²) in [7, 11) is 0. The number of hydrogen-bond acceptors (Lipinski definition) is 3. The maximum atomic E-state index is 9.26. The molecule has 0 aliphatic rings. The summed E-state index contributed by atoms with van der Waals surface area (Å²) >= 11 is 0. The van der Waals surface area contributed by atoms with E-state index < -0.39 is 12.4 Å². The minimum atomic E-state index is -0.555. The highest BCUT2D eigenvalue weighted by Crippen LogP contribution is 2.12. The summed E-state index contributed by atoms with van der Waals surface area (Å²) in [6.45, 7) is -0.555. The fourth-order valence-corrected chi connectivity index (χ4v) is 0.838. The molecule has 0 fully saturated rings. The molecule has 64 valence electrons. The van der Waals surface area contributed by atoms with Gasteiger partial charge in [-0.25, -0.2) is 0 Å². The van der Waals surface area contributed by atoms with Crippen molar-refractivity contribution in [3.63, 3.8) is 0 Å². The lowest BCUT2D eigenvalue weighted by Crippen LogP contribution is -1.94. The molecule has 0 spiro atoms. The molecular weight excluding hydrogens is 156 g/mol. The van der Waals surface area contributed by atoms with E-state index in [2.05, 4.69) is 0 Å². The van der Waals surface area contributed by atoms with Crippen molar-refractivity contribution in [3.8, 4) is 0 Å². The maximum Gasteiger partial charge on any atom is 0.162 e. The highest BCUT2D eigenvalue weighted by molar-refractivity contribution is 5.59. The Labute approximate surface area is 70.2 Å². The molecule has 3 nitrogen and oxygen atoms in total. The smallest absolute Gasteiger partial charge is 0.162 e. The largest absolute Gasteiger partial charge is 0.506 e. The van der Waals surface area contributed by atoms with Crippen LogP contribution in [-0.4, -0.2) is 21.9 Å². The third kappa shape index (κ3) is 1.77. The van der Waals surface area contributed by atoms with Gasteiger partial charge in [-0.1, -0.05) is 30.3 Å². The molecule has 12 heavy (non-hydrogen) atoms. The van der Waals surface area contributed by atoms with Crippen LogP contribution in [0.2, 0.25) is 0 Å². The molecule has 1 aromatic rings. The topological polar surface area (TPSA) is 60.7 Å². The summed E-state index contributed by atoms with van der Waals surface area (Å²) in [5.74, 6) is -0.695. The zero-order valence-corrected chi connectivity index (χ0v) is 6.44. The predicted molar refractivity (Wildman–Crippen MR) is 45.7 cm³/mol. The average Bonchev–Trinajstić information content (AvgIpc) is 2.17. The van der Waals surface area contributed by atoms with Gasteiger partial charge in [0.15, 0.2) is 11.5 Å². The van der Waals surface area contributed by atoms with Crippen LogP contribution in [0.1, 0.15) is 5.56 Å². The summed E-state index contributed by atoms with van der Waals surface area (Å²) in [5.41, 5.74) is 0.490. The van der Waals surface area contributed by atoms with Crippen LogP contribution in [0, 0.1) is 0 Å². The van der Waals surface area contributed by atoms with Gasteiger partial charge in [-0.3, -0.25) is 0 Å². The standard InChI is InChI=1S/C9H10O3/c10-6-8(11)9(12)7-4-2-1-3-5-7/h1-5,10-12H,6H2/b9-8-. The van der Waals surface area contributed by atoms with Crippen molar-refractivity contribution in [2.75, 3.05) is 6.61 Å². The van der Waals surface area contributed by atoms with Crippen molar-refractivity contribution in [1.82, 2.24) is 0 Å². The van der Waals surface area contributed by atoms with Crippen molar-refractivity contribution in [2.24, 2.45) is 0 Å². The monoisotopic (exact) mass is 166 g/mol. The summed E-state index contributed by atoms with van der Waals surface area (Å²) in [6, 6.07) is 8.54. The molecular formula is C9H10O3. The van der Waals surface area contributed by atoms with E-state index in [0.29, 0.717) is 5.56 Å². The third-order valence-corrected chi connectivity index (χ3v) is 1.47. The zero-order chi connectivity index (χ0) is 8.97. The van der Waals surface area contributed by atoms with Crippen molar-refractivity contribution < 1.29 is 15.3 Å². The van der Waals surface area contributed by atoms with Gasteiger partial charge in [0.25, 0.3) is 0 Å². The van der Waals surface area contributed by atoms with Crippen LogP contribution in [0.3, 0.4) is 0 Å². The molecule has 0 aromatic heterocycles. The van der Waals surface area contributed by atoms with E-state index >= 15 is 0 Å². The number of aliphatic hydroxyl groups is 3. The van der Waals surface area contributed by atoms with E-state index in [1.807, 2.05) is 0 Å². The summed E-state index contributed by atoms with van der Waals surface area (Å²) < 4.78 is 0. The van der Waals surface area contributed by atoms with Crippen LogP contribution in [0.5, 0.6) is 0 Å². The van der Waals surface area contributed by atoms with Crippen molar-refractivity contribution in [2.45, 2.75) is 0 Å². The number of rotatable bonds is 2. The molecule has 3 heteroatoms. The number of aliphatic hydroxyl groups excluding tert-OH is 3. The molecule has 0 amide bonds. The van der Waals surface area contributed by atoms with Gasteiger partial charge in [0, 0.05) is 5.56 Å². The van der Waals surface area contributed by atoms with Crippen LogP contribution in [0.25, 0.3) is 5.76 Å². The van der Waals surface area contributed by atoms with E-state index in [0.717, 1.165) is 0 Å². The molecule has 0 heterocycles. The van der Waals surface area contributed by atoms with E-state index in [4.69, 9.17) is 10.2 Å². The van der Waals surface area contributed by atoms with Gasteiger partial charge >= 0.3 is 0 Å². The number of benzene rings is 1. The molecule has 0 unspecified atom stereocenters. The Morgan fingerprint density at radius 3 is 2.17 bits per heavy atom. The van der Waals surface area contributed by atoms with Crippen LogP contribution in [0.4, 0.5) is 0 Å². The molecule has 3 N–H and O–H groups in total. The minimum absolute atomic E-state index is 0.280. The average molecular weight is 166 g/mol. The summed E-state index contributed by atoms with van der Waals surface area (Å²) in [5, 5.41) is 26.7. The SMILES string of the molecule is OC/C(O)=C(/O)c1ccccc1. The van der Waals surface area contributed by atoms with Gasteiger partial charge in [0.1, 0.15) is 6.61 Å². The first-order chi connectivity index (χ1) is 5.75. The first-order valence-corrected chi connectivity index (χ1v) is 3.53. The Morgan fingerprint density at radius 1 is 1.08 bits per heavy atom. The van der Waals surface area contributed by atoms with E-state index in [9.17, 15) is 5.11 Å². The second kappa shape index (κ2) is 3.78. The Balaban J connectivity index is 3.00. The number of hydrogen-bond donors (Lipinski definition) is 3. The Bertz CT molecular complexity index is 277. The van der Waals surface area contributed by atoms with Gasteiger partial charge in [-0.15, -0.1) is 0 Å². The van der Waals surface area contributed by atoms with Crippen LogP contribution in [0.15, 0.2) is 36.1 Å². The quantitative estimate of drug-likeness (QED) is 0.583. The minimum Gasteiger partial charge on any atom is -0.506 e. The first-order valence-electron chi connectivity index (χ1n) is 3.53. The van der Waals surface area contributed by atoms with Crippen LogP contribution >= 0.6 is 0 Å². The maximum absolute atomic E-state index is 9.26. The molecule has 0 atom stereocenters. The predicted octanol–water partition coefficient (Wildman–Crippen LogP) is 1.46. The lowest BCUT2D eigenvalue weighted by atomic mass is 10.2. The molecule has 0 aliphatic carbocycles. The normalized spacial score (nSPS) is 12.4. The zero-order valence-electron chi connectivity index (χ0n) is 6.44. The van der Waals surface area contributed by atoms with Crippen LogP contribution in [-0.2, 0) is 0 Å². The molecule has 0 saturated carbocycles. The van der Waals surface area contributed by atoms with Crippen LogP contribution < -0.4 is 0 Å². The second-order valence-corrected chi connectivity index (χ2v) is 2.32. The molecule has 0 saturated heterocycles. The highest BCUT2D eigenvalue weighted by Gasteiger charge is 2.03. The molecule has 1 rings (SSSR count). The van der Waals surface area contributed by atoms with Crippen molar-refractivity contribution >= 4 is 5.76 Å². The highest BCUT2D eigenvalue weighted by atomic mass is 16.3. The molecule has 0 bridgehead atoms. The lowest BCUT2D eigenvalue weighted by molar-refractivity contribution is 0.246. The van der Waals surface area contributed by atoms with E-state index in [-0.39, 0.29) is 5.76 Å². The van der Waals surface area contributed by atoms with Crippen molar-refractivity contribution in [3.05, 3.63) is 41.7 Å². The molecule has 0 radical (unpaired) electrons. The Hall–Kier alpha value is -1.48. The fraction of sp³-hybridized carbons (Fsp3) is 0.111. The second-order valence-electron chi connectivity index (χ2n) is 2.32. The third-order valence-electron chi connectivity index (χ3n) is 1.47. The van der Waals surface area contributed by atoms with Crippen molar-refractivity contribution in [1.29, 1.82) is 0 Å². The van der Waals surface area contributed by atoms with E-state index in [1.54, 1.807) is 30.3 Å². The molecule has 0 aliphatic heterocycles. The first kappa shape index (κ1) is 8.62. The van der Waals surface area contributed by atoms with Gasteiger partial charge in [0.2, 0.25) is 0 Å². The van der Waals surface area contributed by atoms with Gasteiger partial charge in [-0.05, 0) is 0 Å². The lowest BCUT2D eigenvalue weighted by Gasteiger charge is -2.01.